The van der Waals surface area contributed by atoms with Crippen molar-refractivity contribution in [1.82, 2.24) is 20.0 Å². The summed E-state index contributed by atoms with van der Waals surface area (Å²) >= 11 is 6.00. The lowest BCUT2D eigenvalue weighted by Crippen LogP contribution is -2.42. The van der Waals surface area contributed by atoms with Crippen LogP contribution < -0.4 is 15.8 Å². The van der Waals surface area contributed by atoms with Gasteiger partial charge in [-0.3, -0.25) is 9.48 Å². The van der Waals surface area contributed by atoms with Crippen LogP contribution in [0.3, 0.4) is 0 Å². The first-order valence-corrected chi connectivity index (χ1v) is 7.24. The summed E-state index contributed by atoms with van der Waals surface area (Å²) in [5.41, 5.74) is 1.32. The van der Waals surface area contributed by atoms with Gasteiger partial charge in [0.1, 0.15) is 5.02 Å². The Labute approximate surface area is 126 Å². The fraction of sp³-hybridized carbons (Fsp3) is 0.462. The Hall–Kier alpha value is -2.02. The Morgan fingerprint density at radius 2 is 2.33 bits per heavy atom. The molecule has 0 amide bonds. The first kappa shape index (κ1) is 13.9. The highest BCUT2D eigenvalue weighted by Crippen LogP contribution is 2.23. The number of rotatable bonds is 3. The lowest BCUT2D eigenvalue weighted by molar-refractivity contribution is 0.530. The minimum absolute atomic E-state index is 0.156. The van der Waals surface area contributed by atoms with Crippen LogP contribution in [0.25, 0.3) is 0 Å². The van der Waals surface area contributed by atoms with E-state index in [-0.39, 0.29) is 16.6 Å². The van der Waals surface area contributed by atoms with Crippen molar-refractivity contribution >= 4 is 23.0 Å². The summed E-state index contributed by atoms with van der Waals surface area (Å²) in [6.45, 7) is 1.85. The smallest absolute Gasteiger partial charge is 0.285 e. The van der Waals surface area contributed by atoms with Gasteiger partial charge < -0.3 is 10.2 Å². The van der Waals surface area contributed by atoms with Gasteiger partial charge in [0.2, 0.25) is 0 Å². The van der Waals surface area contributed by atoms with Crippen LogP contribution in [0.2, 0.25) is 5.02 Å². The van der Waals surface area contributed by atoms with Crippen LogP contribution in [0.4, 0.5) is 11.4 Å². The zero-order valence-electron chi connectivity index (χ0n) is 11.7. The van der Waals surface area contributed by atoms with Crippen LogP contribution in [0.5, 0.6) is 0 Å². The molecule has 0 radical (unpaired) electrons. The molecule has 1 aliphatic heterocycles. The van der Waals surface area contributed by atoms with Crippen LogP contribution in [0.1, 0.15) is 12.8 Å². The van der Waals surface area contributed by atoms with Crippen molar-refractivity contribution in [2.75, 3.05) is 23.3 Å². The number of anilines is 2. The SMILES string of the molecule is Cn1cc(N2CCC[C@@H](Nc3cn[nH]c(=O)c3Cl)C2)cn1. The van der Waals surface area contributed by atoms with E-state index in [4.69, 9.17) is 11.6 Å². The van der Waals surface area contributed by atoms with Crippen LogP contribution in [0, 0.1) is 0 Å². The molecule has 0 spiro atoms. The molecule has 1 fully saturated rings. The van der Waals surface area contributed by atoms with Crippen LogP contribution in [-0.4, -0.2) is 39.1 Å². The molecular formula is C13H17ClN6O. The molecule has 2 aromatic rings. The number of aromatic nitrogens is 4. The van der Waals surface area contributed by atoms with Gasteiger partial charge >= 0.3 is 0 Å². The van der Waals surface area contributed by atoms with Gasteiger partial charge in [0.05, 0.1) is 23.8 Å². The van der Waals surface area contributed by atoms with Crippen molar-refractivity contribution in [2.45, 2.75) is 18.9 Å². The molecule has 1 saturated heterocycles. The maximum absolute atomic E-state index is 11.5. The minimum Gasteiger partial charge on any atom is -0.378 e. The third-order valence-electron chi connectivity index (χ3n) is 3.63. The number of nitrogens with zero attached hydrogens (tertiary/aromatic N) is 4. The average molecular weight is 309 g/mol. The molecular weight excluding hydrogens is 292 g/mol. The van der Waals surface area contributed by atoms with Gasteiger partial charge in [-0.1, -0.05) is 11.6 Å². The summed E-state index contributed by atoms with van der Waals surface area (Å²) in [5, 5.41) is 13.8. The predicted octanol–water partition coefficient (Wildman–Crippen LogP) is 1.24. The van der Waals surface area contributed by atoms with Gasteiger partial charge in [-0.15, -0.1) is 0 Å². The van der Waals surface area contributed by atoms with E-state index in [0.29, 0.717) is 5.69 Å². The van der Waals surface area contributed by atoms with E-state index in [1.165, 1.54) is 0 Å². The van der Waals surface area contributed by atoms with Gasteiger partial charge in [-0.25, -0.2) is 5.10 Å². The Bertz CT molecular complexity index is 681. The Kier molecular flexibility index (Phi) is 3.83. The average Bonchev–Trinajstić information content (AvgIpc) is 2.91. The molecule has 1 atom stereocenters. The quantitative estimate of drug-likeness (QED) is 0.892. The van der Waals surface area contributed by atoms with Crippen LogP contribution >= 0.6 is 11.6 Å². The van der Waals surface area contributed by atoms with E-state index in [2.05, 4.69) is 25.5 Å². The summed E-state index contributed by atoms with van der Waals surface area (Å²) in [4.78, 5) is 13.7. The predicted molar refractivity (Wildman–Crippen MR) is 81.9 cm³/mol. The molecule has 0 bridgehead atoms. The van der Waals surface area contributed by atoms with Crippen molar-refractivity contribution < 1.29 is 0 Å². The molecule has 21 heavy (non-hydrogen) atoms. The van der Waals surface area contributed by atoms with E-state index in [1.807, 2.05) is 19.4 Å². The van der Waals surface area contributed by atoms with Gasteiger partial charge in [-0.05, 0) is 12.8 Å². The molecule has 0 aliphatic carbocycles. The Morgan fingerprint density at radius 1 is 1.48 bits per heavy atom. The summed E-state index contributed by atoms with van der Waals surface area (Å²) in [6.07, 6.45) is 7.52. The number of aryl methyl sites for hydroxylation is 1. The van der Waals surface area contributed by atoms with Crippen molar-refractivity contribution in [3.8, 4) is 0 Å². The molecule has 1 aliphatic rings. The largest absolute Gasteiger partial charge is 0.378 e. The summed E-state index contributed by atoms with van der Waals surface area (Å²) in [6, 6.07) is 0.222. The van der Waals surface area contributed by atoms with E-state index >= 15 is 0 Å². The maximum Gasteiger partial charge on any atom is 0.285 e. The standard InChI is InChI=1S/C13H17ClN6O/c1-19-8-10(5-16-19)20-4-2-3-9(7-20)17-11-6-15-18-13(21)12(11)14/h5-6,8-9H,2-4,7H2,1H3,(H2,17,18,21)/t9-/m1/s1. The number of H-pyrrole nitrogens is 1. The van der Waals surface area contributed by atoms with Gasteiger partial charge in [0.25, 0.3) is 5.56 Å². The molecule has 2 N–H and O–H groups in total. The van der Waals surface area contributed by atoms with E-state index in [9.17, 15) is 4.79 Å². The zero-order valence-corrected chi connectivity index (χ0v) is 12.5. The van der Waals surface area contributed by atoms with E-state index in [1.54, 1.807) is 10.9 Å². The summed E-state index contributed by atoms with van der Waals surface area (Å²) < 4.78 is 1.80. The maximum atomic E-state index is 11.5. The van der Waals surface area contributed by atoms with E-state index in [0.717, 1.165) is 31.6 Å². The molecule has 2 aromatic heterocycles. The zero-order chi connectivity index (χ0) is 14.8. The normalized spacial score (nSPS) is 18.8. The monoisotopic (exact) mass is 308 g/mol. The Morgan fingerprint density at radius 3 is 3.10 bits per heavy atom. The first-order chi connectivity index (χ1) is 10.1. The highest BCUT2D eigenvalue weighted by atomic mass is 35.5. The highest BCUT2D eigenvalue weighted by molar-refractivity contribution is 6.32. The fourth-order valence-electron chi connectivity index (χ4n) is 2.61. The molecule has 8 heteroatoms. The van der Waals surface area contributed by atoms with Crippen molar-refractivity contribution in [1.29, 1.82) is 0 Å². The van der Waals surface area contributed by atoms with Crippen molar-refractivity contribution in [3.05, 3.63) is 34.0 Å². The lowest BCUT2D eigenvalue weighted by atomic mass is 10.1. The highest BCUT2D eigenvalue weighted by Gasteiger charge is 2.22. The number of hydrogen-bond donors (Lipinski definition) is 2. The fourth-order valence-corrected chi connectivity index (χ4v) is 2.75. The van der Waals surface area contributed by atoms with Gasteiger partial charge in [0.15, 0.2) is 0 Å². The number of aromatic amines is 1. The van der Waals surface area contributed by atoms with Crippen LogP contribution in [-0.2, 0) is 7.05 Å². The molecule has 0 unspecified atom stereocenters. The second-order valence-electron chi connectivity index (χ2n) is 5.23. The Balaban J connectivity index is 1.71. The molecule has 112 valence electrons. The van der Waals surface area contributed by atoms with Gasteiger partial charge in [0, 0.05) is 32.4 Å². The topological polar surface area (TPSA) is 78.8 Å². The number of hydrogen-bond acceptors (Lipinski definition) is 5. The first-order valence-electron chi connectivity index (χ1n) is 6.87. The molecule has 0 aromatic carbocycles. The van der Waals surface area contributed by atoms with Crippen molar-refractivity contribution in [2.24, 2.45) is 7.05 Å². The van der Waals surface area contributed by atoms with Crippen LogP contribution in [0.15, 0.2) is 23.4 Å². The van der Waals surface area contributed by atoms with Gasteiger partial charge in [-0.2, -0.15) is 10.2 Å². The molecule has 3 rings (SSSR count). The molecule has 0 saturated carbocycles. The van der Waals surface area contributed by atoms with Crippen molar-refractivity contribution in [3.63, 3.8) is 0 Å². The third kappa shape index (κ3) is 3.02. The number of halogens is 1. The second-order valence-corrected chi connectivity index (χ2v) is 5.61. The second kappa shape index (κ2) is 5.77. The summed E-state index contributed by atoms with van der Waals surface area (Å²) in [7, 11) is 1.91. The molecule has 3 heterocycles. The molecule has 7 nitrogen and oxygen atoms in total. The van der Waals surface area contributed by atoms with E-state index < -0.39 is 0 Å². The third-order valence-corrected chi connectivity index (χ3v) is 4.01. The number of nitrogens with one attached hydrogen (secondary N) is 2. The number of piperidine rings is 1. The minimum atomic E-state index is -0.374. The lowest BCUT2D eigenvalue weighted by Gasteiger charge is -2.34. The summed E-state index contributed by atoms with van der Waals surface area (Å²) in [5.74, 6) is 0.